The first-order valence-electron chi connectivity index (χ1n) is 14.9. The fourth-order valence-electron chi connectivity index (χ4n) is 6.72. The number of H-pyrrole nitrogens is 1. The first-order chi connectivity index (χ1) is 19.7. The lowest BCUT2D eigenvalue weighted by atomic mass is 9.92. The van der Waals surface area contributed by atoms with Gasteiger partial charge in [-0.15, -0.1) is 0 Å². The third kappa shape index (κ3) is 5.69. The molecule has 4 aliphatic rings. The van der Waals surface area contributed by atoms with E-state index in [1.807, 2.05) is 23.5 Å². The van der Waals surface area contributed by atoms with E-state index in [4.69, 9.17) is 4.74 Å². The highest BCUT2D eigenvalue weighted by atomic mass is 32.2. The van der Waals surface area contributed by atoms with Crippen LogP contribution in [-0.2, 0) is 4.74 Å². The van der Waals surface area contributed by atoms with Crippen molar-refractivity contribution in [3.63, 3.8) is 0 Å². The Bertz CT molecular complexity index is 1410. The third-order valence-corrected chi connectivity index (χ3v) is 11.4. The van der Waals surface area contributed by atoms with Gasteiger partial charge in [0.25, 0.3) is 0 Å². The molecule has 1 unspecified atom stereocenters. The summed E-state index contributed by atoms with van der Waals surface area (Å²) in [6, 6.07) is 18.4. The molecule has 3 fully saturated rings. The Kier molecular flexibility index (Phi) is 7.85. The maximum atomic E-state index is 12.7. The summed E-state index contributed by atoms with van der Waals surface area (Å²) < 4.78 is 5.51. The van der Waals surface area contributed by atoms with Crippen molar-refractivity contribution < 1.29 is 4.74 Å². The second kappa shape index (κ2) is 11.8. The van der Waals surface area contributed by atoms with Crippen LogP contribution >= 0.6 is 23.5 Å². The maximum Gasteiger partial charge on any atom is 0.250 e. The number of piperidine rings is 1. The average Bonchev–Trinajstić information content (AvgIpc) is 3.00. The first kappa shape index (κ1) is 26.5. The van der Waals surface area contributed by atoms with Crippen LogP contribution < -0.4 is 15.8 Å². The number of anilines is 2. The van der Waals surface area contributed by atoms with Crippen molar-refractivity contribution in [2.45, 2.75) is 76.6 Å². The summed E-state index contributed by atoms with van der Waals surface area (Å²) in [6.45, 7) is 5.44. The Hall–Kier alpha value is -2.39. The Morgan fingerprint density at radius 3 is 2.60 bits per heavy atom. The minimum absolute atomic E-state index is 0.0639. The van der Waals surface area contributed by atoms with Gasteiger partial charge in [0.05, 0.1) is 18.9 Å². The number of rotatable bonds is 5. The number of benzene rings is 2. The lowest BCUT2D eigenvalue weighted by molar-refractivity contribution is 0.122. The summed E-state index contributed by atoms with van der Waals surface area (Å²) in [5.41, 5.74) is 4.09. The Balaban J connectivity index is 1.09. The molecule has 0 bridgehead atoms. The number of hydrogen-bond acceptors (Lipinski definition) is 7. The Labute approximate surface area is 245 Å². The van der Waals surface area contributed by atoms with Crippen molar-refractivity contribution in [1.82, 2.24) is 9.88 Å². The predicted molar refractivity (Wildman–Crippen MR) is 165 cm³/mol. The van der Waals surface area contributed by atoms with Gasteiger partial charge in [-0.1, -0.05) is 54.9 Å². The van der Waals surface area contributed by atoms with Crippen molar-refractivity contribution in [2.24, 2.45) is 0 Å². The summed E-state index contributed by atoms with van der Waals surface area (Å²) in [5.74, 6) is 0. The Morgan fingerprint density at radius 2 is 1.73 bits per heavy atom. The van der Waals surface area contributed by atoms with Gasteiger partial charge in [0.1, 0.15) is 0 Å². The van der Waals surface area contributed by atoms with E-state index in [2.05, 4.69) is 62.6 Å². The van der Waals surface area contributed by atoms with Crippen LogP contribution in [0.1, 0.15) is 44.9 Å². The van der Waals surface area contributed by atoms with Crippen molar-refractivity contribution in [1.29, 1.82) is 0 Å². The summed E-state index contributed by atoms with van der Waals surface area (Å²) >= 11 is 3.65. The van der Waals surface area contributed by atoms with Crippen LogP contribution in [0.2, 0.25) is 0 Å². The second-order valence-electron chi connectivity index (χ2n) is 11.5. The third-order valence-electron chi connectivity index (χ3n) is 8.76. The molecule has 7 rings (SSSR count). The van der Waals surface area contributed by atoms with Gasteiger partial charge in [0.15, 0.2) is 0 Å². The zero-order valence-electron chi connectivity index (χ0n) is 23.0. The standard InChI is InChI=1S/C32H38N4O2S2/c37-31-20-25(35-14-16-38-17-15-35)19-27(34-31)26-9-4-10-29-32(26)40-28-12-11-22(18-30(28)39-29)33-23-6-5-13-36(21-23)24-7-2-1-3-8-24/h4,9-12,18-20,23-24,33H,1-3,5-8,13-17,21H2,(H,34,37). The molecule has 2 saturated heterocycles. The van der Waals surface area contributed by atoms with E-state index in [0.717, 1.165) is 42.6 Å². The molecule has 2 N–H and O–H groups in total. The number of pyridine rings is 1. The number of ether oxygens (including phenoxy) is 1. The highest BCUT2D eigenvalue weighted by Gasteiger charge is 2.28. The van der Waals surface area contributed by atoms with Gasteiger partial charge in [-0.05, 0) is 62.6 Å². The molecule has 4 heterocycles. The van der Waals surface area contributed by atoms with Crippen LogP contribution in [0.15, 0.2) is 72.9 Å². The summed E-state index contributed by atoms with van der Waals surface area (Å²) in [6.07, 6.45) is 9.51. The van der Waals surface area contributed by atoms with E-state index >= 15 is 0 Å². The van der Waals surface area contributed by atoms with Crippen LogP contribution in [0.5, 0.6) is 0 Å². The molecular weight excluding hydrogens is 537 g/mol. The van der Waals surface area contributed by atoms with Crippen LogP contribution in [-0.4, -0.2) is 61.4 Å². The lowest BCUT2D eigenvalue weighted by Gasteiger charge is -2.40. The number of fused-ring (bicyclic) bond motifs is 2. The molecule has 40 heavy (non-hydrogen) atoms. The zero-order chi connectivity index (χ0) is 26.9. The van der Waals surface area contributed by atoms with Crippen LogP contribution in [0, 0.1) is 0 Å². The quantitative estimate of drug-likeness (QED) is 0.275. The monoisotopic (exact) mass is 574 g/mol. The molecule has 1 aromatic heterocycles. The van der Waals surface area contributed by atoms with Crippen LogP contribution in [0.25, 0.3) is 11.3 Å². The van der Waals surface area contributed by atoms with Crippen molar-refractivity contribution in [3.05, 3.63) is 58.9 Å². The molecule has 1 atom stereocenters. The van der Waals surface area contributed by atoms with E-state index in [1.165, 1.54) is 76.8 Å². The van der Waals surface area contributed by atoms with Crippen LogP contribution in [0.3, 0.4) is 0 Å². The highest BCUT2D eigenvalue weighted by molar-refractivity contribution is 8.05. The molecule has 1 saturated carbocycles. The average molecular weight is 575 g/mol. The molecule has 2 aromatic carbocycles. The number of hydrogen-bond donors (Lipinski definition) is 2. The normalized spacial score (nSPS) is 22.0. The van der Waals surface area contributed by atoms with Crippen LogP contribution in [0.4, 0.5) is 11.4 Å². The maximum absolute atomic E-state index is 12.7. The number of aromatic amines is 1. The van der Waals surface area contributed by atoms with Crippen molar-refractivity contribution in [2.75, 3.05) is 49.6 Å². The minimum atomic E-state index is -0.0639. The highest BCUT2D eigenvalue weighted by Crippen LogP contribution is 2.52. The Morgan fingerprint density at radius 1 is 0.850 bits per heavy atom. The fourth-order valence-corrected chi connectivity index (χ4v) is 9.13. The SMILES string of the molecule is O=c1cc(N2CCOCC2)cc(-c2cccc3c2Sc2ccc(NC4CCCN(C5CCCCC5)C4)cc2S3)[nH]1. The molecule has 8 heteroatoms. The van der Waals surface area contributed by atoms with E-state index in [-0.39, 0.29) is 5.56 Å². The molecule has 0 amide bonds. The van der Waals surface area contributed by atoms with Crippen molar-refractivity contribution in [3.8, 4) is 11.3 Å². The number of nitrogens with zero attached hydrogens (tertiary/aromatic N) is 2. The molecule has 3 aromatic rings. The molecule has 210 valence electrons. The number of aromatic nitrogens is 1. The van der Waals surface area contributed by atoms with Crippen molar-refractivity contribution >= 4 is 34.9 Å². The van der Waals surface area contributed by atoms with E-state index in [1.54, 1.807) is 6.07 Å². The zero-order valence-corrected chi connectivity index (χ0v) is 24.6. The van der Waals surface area contributed by atoms with Gasteiger partial charge in [-0.2, -0.15) is 0 Å². The number of morpholine rings is 1. The summed E-state index contributed by atoms with van der Waals surface area (Å²) in [5, 5.41) is 3.89. The molecule has 0 radical (unpaired) electrons. The molecule has 6 nitrogen and oxygen atoms in total. The second-order valence-corrected chi connectivity index (χ2v) is 13.6. The smallest absolute Gasteiger partial charge is 0.250 e. The van der Waals surface area contributed by atoms with E-state index in [0.29, 0.717) is 19.3 Å². The predicted octanol–water partition coefficient (Wildman–Crippen LogP) is 6.70. The summed E-state index contributed by atoms with van der Waals surface area (Å²) in [7, 11) is 0. The first-order valence-corrected chi connectivity index (χ1v) is 16.5. The molecule has 3 aliphatic heterocycles. The number of likely N-dealkylation sites (tertiary alicyclic amines) is 1. The van der Waals surface area contributed by atoms with Gasteiger partial charge in [0.2, 0.25) is 5.56 Å². The van der Waals surface area contributed by atoms with E-state index < -0.39 is 0 Å². The van der Waals surface area contributed by atoms with Gasteiger partial charge in [-0.25, -0.2) is 0 Å². The molecule has 1 aliphatic carbocycles. The van der Waals surface area contributed by atoms with Gasteiger partial charge in [-0.3, -0.25) is 9.69 Å². The topological polar surface area (TPSA) is 60.6 Å². The summed E-state index contributed by atoms with van der Waals surface area (Å²) in [4.78, 5) is 25.8. The van der Waals surface area contributed by atoms with Gasteiger partial charge in [0, 0.05) is 74.3 Å². The largest absolute Gasteiger partial charge is 0.381 e. The van der Waals surface area contributed by atoms with Gasteiger partial charge < -0.3 is 19.9 Å². The van der Waals surface area contributed by atoms with E-state index in [9.17, 15) is 4.79 Å². The van der Waals surface area contributed by atoms with Gasteiger partial charge >= 0.3 is 0 Å². The lowest BCUT2D eigenvalue weighted by Crippen LogP contribution is -2.47. The molecular formula is C32H38N4O2S2. The molecule has 0 spiro atoms. The number of nitrogens with one attached hydrogen (secondary N) is 2. The minimum Gasteiger partial charge on any atom is -0.381 e. The fraction of sp³-hybridized carbons (Fsp3) is 0.469.